The van der Waals surface area contributed by atoms with Crippen molar-refractivity contribution >= 4 is 43.6 Å². The largest absolute Gasteiger partial charge is 0.308 e. The average molecular weight is 1130 g/mol. The van der Waals surface area contributed by atoms with Crippen LogP contribution in [-0.4, -0.2) is 49.0 Å². The van der Waals surface area contributed by atoms with Crippen LogP contribution < -0.4 is 0 Å². The van der Waals surface area contributed by atoms with Crippen LogP contribution in [0.5, 0.6) is 0 Å². The molecule has 11 aromatic carbocycles. The monoisotopic (exact) mass is 1130 g/mol. The second-order valence-electron chi connectivity index (χ2n) is 21.4. The van der Waals surface area contributed by atoms with E-state index < -0.39 is 0 Å². The fourth-order valence-corrected chi connectivity index (χ4v) is 11.9. The molecule has 16 rings (SSSR count). The maximum Gasteiger partial charge on any atom is 0.164 e. The highest BCUT2D eigenvalue weighted by atomic mass is 15.1. The van der Waals surface area contributed by atoms with Gasteiger partial charge in [-0.15, -0.1) is 0 Å². The number of hydrogen-bond donors (Lipinski definition) is 0. The number of fused-ring (bicyclic) bond motifs is 6. The van der Waals surface area contributed by atoms with E-state index in [1.807, 2.05) is 170 Å². The molecular formula is C77H47N11. The molecule has 0 aliphatic carbocycles. The first-order chi connectivity index (χ1) is 43.6. The zero-order valence-electron chi connectivity index (χ0n) is 47.1. The summed E-state index contributed by atoms with van der Waals surface area (Å²) >= 11 is 0. The smallest absolute Gasteiger partial charge is 0.164 e. The van der Waals surface area contributed by atoms with Gasteiger partial charge in [0.1, 0.15) is 0 Å². The Hall–Kier alpha value is -12.4. The Labute approximate surface area is 505 Å². The average Bonchev–Trinajstić information content (AvgIpc) is 1.60. The minimum absolute atomic E-state index is 0.445. The molecule has 88 heavy (non-hydrogen) atoms. The van der Waals surface area contributed by atoms with Gasteiger partial charge in [0.2, 0.25) is 0 Å². The third kappa shape index (κ3) is 9.18. The zero-order chi connectivity index (χ0) is 58.5. The van der Waals surface area contributed by atoms with Crippen LogP contribution in [0.2, 0.25) is 0 Å². The molecule has 0 saturated carbocycles. The van der Waals surface area contributed by atoms with Crippen molar-refractivity contribution in [1.29, 1.82) is 5.26 Å². The summed E-state index contributed by atoms with van der Waals surface area (Å²) < 4.78 is 4.52. The van der Waals surface area contributed by atoms with Gasteiger partial charge in [0.25, 0.3) is 0 Å². The van der Waals surface area contributed by atoms with Gasteiger partial charge in [0.15, 0.2) is 40.8 Å². The van der Waals surface area contributed by atoms with Gasteiger partial charge in [-0.25, -0.2) is 39.9 Å². The quantitative estimate of drug-likeness (QED) is 0.124. The Balaban J connectivity index is 0.967. The van der Waals surface area contributed by atoms with Crippen molar-refractivity contribution in [2.75, 3.05) is 0 Å². The lowest BCUT2D eigenvalue weighted by atomic mass is 10.0. The molecule has 11 nitrogen and oxygen atoms in total. The Kier molecular flexibility index (Phi) is 12.6. The molecule has 11 heteroatoms. The summed E-state index contributed by atoms with van der Waals surface area (Å²) in [5.41, 5.74) is 14.7. The molecule has 0 fully saturated rings. The molecule has 0 atom stereocenters. The van der Waals surface area contributed by atoms with Crippen molar-refractivity contribution in [3.8, 4) is 120 Å². The molecule has 0 saturated heterocycles. The van der Waals surface area contributed by atoms with Crippen LogP contribution in [0.15, 0.2) is 285 Å². The predicted molar refractivity (Wildman–Crippen MR) is 351 cm³/mol. The molecule has 16 aromatic rings. The van der Waals surface area contributed by atoms with Crippen molar-refractivity contribution in [2.45, 2.75) is 0 Å². The zero-order valence-corrected chi connectivity index (χ0v) is 47.1. The molecule has 0 N–H and O–H groups in total. The Morgan fingerprint density at radius 2 is 0.534 bits per heavy atom. The summed E-state index contributed by atoms with van der Waals surface area (Å²) in [7, 11) is 0. The van der Waals surface area contributed by atoms with Crippen LogP contribution in [0.4, 0.5) is 0 Å². The van der Waals surface area contributed by atoms with Gasteiger partial charge in [-0.05, 0) is 66.7 Å². The van der Waals surface area contributed by atoms with Crippen molar-refractivity contribution < 1.29 is 0 Å². The SMILES string of the molecule is N#Cc1cc(-n2c3ccccc3c3cc(-c4nc(-c5ccccc5)nc(-c5ccccc5)n4)ccc32)c(-c2nc(-c3ccccc3)cc(-c3ccccc3)n2)c(-n2c3ccccc3c3cc(-c4nc(-c5ccccc5)nc(-c5ccccc5)n4)ccc32)c1. The van der Waals surface area contributed by atoms with Crippen LogP contribution in [0.1, 0.15) is 5.56 Å². The number of aromatic nitrogens is 10. The molecule has 0 unspecified atom stereocenters. The van der Waals surface area contributed by atoms with Gasteiger partial charge in [0.05, 0.1) is 62.0 Å². The number of rotatable bonds is 11. The third-order valence-electron chi connectivity index (χ3n) is 16.1. The van der Waals surface area contributed by atoms with Crippen molar-refractivity contribution in [3.63, 3.8) is 0 Å². The number of benzene rings is 11. The van der Waals surface area contributed by atoms with Crippen molar-refractivity contribution in [2.24, 2.45) is 0 Å². The van der Waals surface area contributed by atoms with E-state index in [1.54, 1.807) is 0 Å². The Bertz CT molecular complexity index is 4940. The van der Waals surface area contributed by atoms with Crippen LogP contribution in [0.25, 0.3) is 157 Å². The van der Waals surface area contributed by atoms with Gasteiger partial charge in [-0.2, -0.15) is 5.26 Å². The van der Waals surface area contributed by atoms with Crippen LogP contribution >= 0.6 is 0 Å². The molecular weight excluding hydrogens is 1080 g/mol. The summed E-state index contributed by atoms with van der Waals surface area (Å²) in [4.78, 5) is 41.8. The van der Waals surface area contributed by atoms with Gasteiger partial charge in [-0.1, -0.05) is 218 Å². The van der Waals surface area contributed by atoms with Gasteiger partial charge in [0, 0.05) is 66.1 Å². The van der Waals surface area contributed by atoms with Gasteiger partial charge in [-0.3, -0.25) is 0 Å². The summed E-state index contributed by atoms with van der Waals surface area (Å²) in [5.74, 6) is 3.85. The minimum atomic E-state index is 0.445. The summed E-state index contributed by atoms with van der Waals surface area (Å²) in [6.07, 6.45) is 0. The molecule has 5 heterocycles. The highest BCUT2D eigenvalue weighted by Gasteiger charge is 2.27. The lowest BCUT2D eigenvalue weighted by molar-refractivity contribution is 1.07. The van der Waals surface area contributed by atoms with E-state index in [0.29, 0.717) is 63.3 Å². The van der Waals surface area contributed by atoms with Gasteiger partial charge < -0.3 is 9.13 Å². The lowest BCUT2D eigenvalue weighted by Crippen LogP contribution is -2.07. The fraction of sp³-hybridized carbons (Fsp3) is 0. The van der Waals surface area contributed by atoms with Crippen molar-refractivity contribution in [3.05, 3.63) is 291 Å². The normalized spacial score (nSPS) is 11.4. The Morgan fingerprint density at radius 3 is 0.875 bits per heavy atom. The van der Waals surface area contributed by atoms with E-state index in [1.165, 1.54) is 0 Å². The number of hydrogen-bond acceptors (Lipinski definition) is 9. The number of nitrogens with zero attached hydrogens (tertiary/aromatic N) is 11. The topological polar surface area (TPSA) is 137 Å². The summed E-state index contributed by atoms with van der Waals surface area (Å²) in [6.45, 7) is 0. The lowest BCUT2D eigenvalue weighted by Gasteiger charge is -2.21. The maximum absolute atomic E-state index is 11.4. The van der Waals surface area contributed by atoms with E-state index in [4.69, 9.17) is 39.9 Å². The summed E-state index contributed by atoms with van der Waals surface area (Å²) in [6, 6.07) is 98.7. The van der Waals surface area contributed by atoms with Crippen LogP contribution in [-0.2, 0) is 0 Å². The Morgan fingerprint density at radius 1 is 0.239 bits per heavy atom. The first kappa shape index (κ1) is 51.3. The minimum Gasteiger partial charge on any atom is -0.308 e. The number of nitriles is 1. The standard InChI is InChI=1S/C77H47N11/c78-48-49-43-68(87-64-37-21-19-35-58(64)60-45-56(39-41-66(60)87)75-83-71(52-27-11-3-12-28-52)81-72(84-75)53-29-13-4-14-30-53)70(77-79-62(50-23-7-1-8-24-50)47-63(80-77)51-25-9-2-10-26-51)69(44-49)88-65-38-22-20-36-59(65)61-46-57(40-42-67(61)88)76-85-73(54-31-15-5-16-32-54)82-74(86-76)55-33-17-6-18-34-55/h1-47H. The highest BCUT2D eigenvalue weighted by Crippen LogP contribution is 2.44. The molecule has 0 amide bonds. The first-order valence-corrected chi connectivity index (χ1v) is 29.0. The van der Waals surface area contributed by atoms with Gasteiger partial charge >= 0.3 is 0 Å². The van der Waals surface area contributed by atoms with E-state index in [9.17, 15) is 5.26 Å². The molecule has 410 valence electrons. The van der Waals surface area contributed by atoms with E-state index in [0.717, 1.165) is 99.5 Å². The predicted octanol–water partition coefficient (Wildman–Crippen LogP) is 17.9. The van der Waals surface area contributed by atoms with Crippen LogP contribution in [0, 0.1) is 11.3 Å². The first-order valence-electron chi connectivity index (χ1n) is 29.0. The fourth-order valence-electron chi connectivity index (χ4n) is 11.9. The molecule has 5 aromatic heterocycles. The maximum atomic E-state index is 11.4. The second kappa shape index (κ2) is 21.7. The second-order valence-corrected chi connectivity index (χ2v) is 21.4. The van der Waals surface area contributed by atoms with E-state index >= 15 is 0 Å². The molecule has 0 aliphatic rings. The third-order valence-corrected chi connectivity index (χ3v) is 16.1. The van der Waals surface area contributed by atoms with Crippen LogP contribution in [0.3, 0.4) is 0 Å². The molecule has 0 bridgehead atoms. The van der Waals surface area contributed by atoms with Crippen molar-refractivity contribution in [1.82, 2.24) is 49.0 Å². The summed E-state index contributed by atoms with van der Waals surface area (Å²) in [5, 5.41) is 15.3. The number of para-hydroxylation sites is 2. The molecule has 0 radical (unpaired) electrons. The molecule has 0 spiro atoms. The van der Waals surface area contributed by atoms with E-state index in [2.05, 4.69) is 130 Å². The molecule has 0 aliphatic heterocycles. The van der Waals surface area contributed by atoms with E-state index in [-0.39, 0.29) is 0 Å². The highest BCUT2D eigenvalue weighted by molar-refractivity contribution is 6.13.